The first-order chi connectivity index (χ1) is 19.1. The number of amides is 2. The molecule has 2 amide bonds. The summed E-state index contributed by atoms with van der Waals surface area (Å²) in [6, 6.07) is 22.4. The molecule has 0 aromatic heterocycles. The summed E-state index contributed by atoms with van der Waals surface area (Å²) < 4.78 is 29.6. The molecule has 1 atom stereocenters. The topological polar surface area (TPSA) is 86.8 Å². The van der Waals surface area contributed by atoms with Gasteiger partial charge in [0, 0.05) is 17.1 Å². The molecule has 1 aliphatic carbocycles. The van der Waals surface area contributed by atoms with Crippen LogP contribution in [0.3, 0.4) is 0 Å². The van der Waals surface area contributed by atoms with Crippen LogP contribution in [0.2, 0.25) is 0 Å². The summed E-state index contributed by atoms with van der Waals surface area (Å²) in [5, 5.41) is 3.09. The quantitative estimate of drug-likeness (QED) is 0.306. The molecule has 0 spiro atoms. The van der Waals surface area contributed by atoms with Gasteiger partial charge in [-0.2, -0.15) is 0 Å². The number of nitrogens with zero attached hydrogens (tertiary/aromatic N) is 2. The van der Waals surface area contributed by atoms with Crippen molar-refractivity contribution in [1.29, 1.82) is 0 Å². The number of anilines is 1. The molecule has 0 aliphatic heterocycles. The van der Waals surface area contributed by atoms with E-state index in [0.717, 1.165) is 45.6 Å². The Morgan fingerprint density at radius 2 is 1.57 bits per heavy atom. The van der Waals surface area contributed by atoms with Gasteiger partial charge in [-0.05, 0) is 75.1 Å². The Morgan fingerprint density at radius 3 is 2.20 bits per heavy atom. The first-order valence-corrected chi connectivity index (χ1v) is 15.9. The lowest BCUT2D eigenvalue weighted by Crippen LogP contribution is -2.53. The molecule has 7 nitrogen and oxygen atoms in total. The Bertz CT molecular complexity index is 1390. The van der Waals surface area contributed by atoms with E-state index in [1.807, 2.05) is 37.3 Å². The van der Waals surface area contributed by atoms with E-state index in [0.29, 0.717) is 12.1 Å². The van der Waals surface area contributed by atoms with Crippen molar-refractivity contribution in [2.45, 2.75) is 62.9 Å². The molecule has 212 valence electrons. The Balaban J connectivity index is 1.63. The number of hydrogen-bond donors (Lipinski definition) is 1. The molecule has 3 aromatic rings. The van der Waals surface area contributed by atoms with Gasteiger partial charge in [-0.15, -0.1) is 0 Å². The van der Waals surface area contributed by atoms with Crippen molar-refractivity contribution in [3.63, 3.8) is 0 Å². The van der Waals surface area contributed by atoms with Gasteiger partial charge in [0.25, 0.3) is 10.0 Å². The zero-order chi connectivity index (χ0) is 28.7. The molecular formula is C31H36BrN3O4S. The number of hydrogen-bond acceptors (Lipinski definition) is 4. The molecule has 0 saturated heterocycles. The first-order valence-electron chi connectivity index (χ1n) is 13.6. The lowest BCUT2D eigenvalue weighted by Gasteiger charge is -2.32. The second kappa shape index (κ2) is 13.5. The van der Waals surface area contributed by atoms with Crippen LogP contribution in [0.25, 0.3) is 0 Å². The highest BCUT2D eigenvalue weighted by atomic mass is 79.9. The Hall–Kier alpha value is -3.17. The highest BCUT2D eigenvalue weighted by molar-refractivity contribution is 9.10. The van der Waals surface area contributed by atoms with E-state index in [1.54, 1.807) is 55.5 Å². The third-order valence-electron chi connectivity index (χ3n) is 7.36. The summed E-state index contributed by atoms with van der Waals surface area (Å²) in [5.74, 6) is -0.659. The predicted molar refractivity (Wildman–Crippen MR) is 162 cm³/mol. The minimum atomic E-state index is -4.07. The van der Waals surface area contributed by atoms with Crippen LogP contribution >= 0.6 is 15.9 Å². The van der Waals surface area contributed by atoms with E-state index in [-0.39, 0.29) is 23.4 Å². The Kier molecular flexibility index (Phi) is 10.0. The minimum absolute atomic E-state index is 0.0941. The van der Waals surface area contributed by atoms with E-state index in [2.05, 4.69) is 21.2 Å². The molecule has 3 aromatic carbocycles. The largest absolute Gasteiger partial charge is 0.352 e. The zero-order valence-corrected chi connectivity index (χ0v) is 25.3. The van der Waals surface area contributed by atoms with Gasteiger partial charge in [0.2, 0.25) is 11.8 Å². The van der Waals surface area contributed by atoms with Gasteiger partial charge in [0.1, 0.15) is 12.6 Å². The highest BCUT2D eigenvalue weighted by Gasteiger charge is 2.33. The average Bonchev–Trinajstić information content (AvgIpc) is 3.46. The summed E-state index contributed by atoms with van der Waals surface area (Å²) in [4.78, 5) is 28.8. The van der Waals surface area contributed by atoms with Crippen LogP contribution in [0.1, 0.15) is 43.7 Å². The lowest BCUT2D eigenvalue weighted by molar-refractivity contribution is -0.139. The van der Waals surface area contributed by atoms with Gasteiger partial charge in [-0.1, -0.05) is 76.8 Å². The second-order valence-corrected chi connectivity index (χ2v) is 13.1. The van der Waals surface area contributed by atoms with Crippen LogP contribution < -0.4 is 9.62 Å². The average molecular weight is 627 g/mol. The van der Waals surface area contributed by atoms with Crippen LogP contribution in [-0.2, 0) is 26.0 Å². The molecular weight excluding hydrogens is 590 g/mol. The van der Waals surface area contributed by atoms with E-state index in [9.17, 15) is 18.0 Å². The molecule has 1 fully saturated rings. The van der Waals surface area contributed by atoms with Gasteiger partial charge >= 0.3 is 0 Å². The molecule has 0 radical (unpaired) electrons. The fourth-order valence-corrected chi connectivity index (χ4v) is 6.61. The molecule has 0 heterocycles. The van der Waals surface area contributed by atoms with E-state index >= 15 is 0 Å². The maximum absolute atomic E-state index is 14.0. The summed E-state index contributed by atoms with van der Waals surface area (Å²) >= 11 is 3.40. The maximum atomic E-state index is 14.0. The Labute approximate surface area is 245 Å². The number of halogens is 1. The molecule has 9 heteroatoms. The fourth-order valence-electron chi connectivity index (χ4n) is 4.94. The number of rotatable bonds is 11. The molecule has 40 heavy (non-hydrogen) atoms. The number of sulfonamides is 1. The smallest absolute Gasteiger partial charge is 0.264 e. The maximum Gasteiger partial charge on any atom is 0.264 e. The first kappa shape index (κ1) is 29.8. The van der Waals surface area contributed by atoms with Gasteiger partial charge in [-0.25, -0.2) is 8.42 Å². The van der Waals surface area contributed by atoms with Crippen molar-refractivity contribution in [1.82, 2.24) is 10.2 Å². The monoisotopic (exact) mass is 625 g/mol. The predicted octanol–water partition coefficient (Wildman–Crippen LogP) is 5.47. The minimum Gasteiger partial charge on any atom is -0.352 e. The van der Waals surface area contributed by atoms with Crippen molar-refractivity contribution in [2.24, 2.45) is 0 Å². The highest BCUT2D eigenvalue weighted by Crippen LogP contribution is 2.26. The summed E-state index contributed by atoms with van der Waals surface area (Å²) in [5.41, 5.74) is 2.32. The third-order valence-corrected chi connectivity index (χ3v) is 9.67. The molecule has 4 rings (SSSR count). The van der Waals surface area contributed by atoms with Crippen molar-refractivity contribution in [3.05, 3.63) is 94.5 Å². The molecule has 1 aliphatic rings. The summed E-state index contributed by atoms with van der Waals surface area (Å²) in [6.07, 6.45) is 4.56. The van der Waals surface area contributed by atoms with Crippen LogP contribution in [0, 0.1) is 6.92 Å². The SMILES string of the molecule is Cc1ccc(S(=O)(=O)N(CC(=O)N(CCc2ccccc2)[C@H](C)C(=O)NC2CCCC2)c2ccc(Br)cc2)cc1. The van der Waals surface area contributed by atoms with Crippen molar-refractivity contribution in [3.8, 4) is 0 Å². The van der Waals surface area contributed by atoms with Crippen LogP contribution in [-0.4, -0.2) is 50.3 Å². The van der Waals surface area contributed by atoms with Crippen molar-refractivity contribution < 1.29 is 18.0 Å². The number of benzene rings is 3. The number of carbonyl (C=O) groups is 2. The van der Waals surface area contributed by atoms with Crippen molar-refractivity contribution >= 4 is 43.5 Å². The van der Waals surface area contributed by atoms with Crippen LogP contribution in [0.4, 0.5) is 5.69 Å². The molecule has 1 N–H and O–H groups in total. The molecule has 1 saturated carbocycles. The lowest BCUT2D eigenvalue weighted by atomic mass is 10.1. The van der Waals surface area contributed by atoms with Gasteiger partial charge in [0.05, 0.1) is 10.6 Å². The zero-order valence-electron chi connectivity index (χ0n) is 22.9. The fraction of sp³-hybridized carbons (Fsp3) is 0.355. The number of aryl methyl sites for hydroxylation is 1. The molecule has 0 unspecified atom stereocenters. The number of nitrogens with one attached hydrogen (secondary N) is 1. The Morgan fingerprint density at radius 1 is 0.950 bits per heavy atom. The standard InChI is InChI=1S/C31H36BrN3O4S/c1-23-12-18-29(19-13-23)40(38,39)35(28-16-14-26(32)15-17-28)22-30(36)34(21-20-25-8-4-3-5-9-25)24(2)31(37)33-27-10-6-7-11-27/h3-5,8-9,12-19,24,27H,6-7,10-11,20-22H2,1-2H3,(H,33,37)/t24-/m1/s1. The van der Waals surface area contributed by atoms with Gasteiger partial charge in [-0.3, -0.25) is 13.9 Å². The van der Waals surface area contributed by atoms with E-state index in [4.69, 9.17) is 0 Å². The second-order valence-electron chi connectivity index (χ2n) is 10.3. The number of carbonyl (C=O) groups excluding carboxylic acids is 2. The normalized spacial score (nSPS) is 14.5. The van der Waals surface area contributed by atoms with Gasteiger partial charge < -0.3 is 10.2 Å². The summed E-state index contributed by atoms with van der Waals surface area (Å²) in [7, 11) is -4.07. The van der Waals surface area contributed by atoms with Crippen LogP contribution in [0.15, 0.2) is 88.2 Å². The van der Waals surface area contributed by atoms with E-state index < -0.39 is 28.5 Å². The summed E-state index contributed by atoms with van der Waals surface area (Å²) in [6.45, 7) is 3.44. The van der Waals surface area contributed by atoms with Crippen LogP contribution in [0.5, 0.6) is 0 Å². The van der Waals surface area contributed by atoms with Gasteiger partial charge in [0.15, 0.2) is 0 Å². The van der Waals surface area contributed by atoms with E-state index in [1.165, 1.54) is 4.90 Å². The molecule has 0 bridgehead atoms. The van der Waals surface area contributed by atoms with Crippen molar-refractivity contribution in [2.75, 3.05) is 17.4 Å². The third kappa shape index (κ3) is 7.52.